The zero-order valence-electron chi connectivity index (χ0n) is 21.5. The Morgan fingerprint density at radius 3 is 2.46 bits per heavy atom. The van der Waals surface area contributed by atoms with Crippen molar-refractivity contribution in [3.8, 4) is 0 Å². The fraction of sp³-hybridized carbons (Fsp3) is 0.481. The molecule has 0 spiro atoms. The first-order chi connectivity index (χ1) is 17.9. The molecule has 4 rings (SSSR count). The van der Waals surface area contributed by atoms with E-state index in [9.17, 15) is 14.4 Å². The molecule has 3 heterocycles. The number of hydrogen-bond donors (Lipinski definition) is 2. The number of esters is 1. The number of ether oxygens (including phenoxy) is 1. The van der Waals surface area contributed by atoms with Gasteiger partial charge in [0, 0.05) is 37.4 Å². The van der Waals surface area contributed by atoms with Gasteiger partial charge >= 0.3 is 5.97 Å². The molecule has 0 atom stereocenters. The molecule has 2 fully saturated rings. The van der Waals surface area contributed by atoms with E-state index >= 15 is 0 Å². The van der Waals surface area contributed by atoms with Crippen molar-refractivity contribution in [2.24, 2.45) is 0 Å². The van der Waals surface area contributed by atoms with Crippen LogP contribution >= 0.6 is 11.3 Å². The number of anilines is 2. The molecule has 37 heavy (non-hydrogen) atoms. The molecule has 2 aliphatic heterocycles. The molecule has 2 N–H and O–H groups in total. The van der Waals surface area contributed by atoms with Gasteiger partial charge in [-0.25, -0.2) is 9.78 Å². The van der Waals surface area contributed by atoms with E-state index in [2.05, 4.69) is 20.5 Å². The van der Waals surface area contributed by atoms with Crippen LogP contribution in [0.4, 0.5) is 10.8 Å². The Kier molecular flexibility index (Phi) is 9.29. The maximum Gasteiger partial charge on any atom is 0.337 e. The van der Waals surface area contributed by atoms with Crippen molar-refractivity contribution in [3.63, 3.8) is 0 Å². The van der Waals surface area contributed by atoms with Gasteiger partial charge in [-0.3, -0.25) is 14.5 Å². The van der Waals surface area contributed by atoms with Crippen LogP contribution in [0.15, 0.2) is 36.4 Å². The molecule has 0 bridgehead atoms. The molecule has 2 aromatic rings. The first-order valence-electron chi connectivity index (χ1n) is 12.8. The third-order valence-corrected chi connectivity index (χ3v) is 7.86. The van der Waals surface area contributed by atoms with Gasteiger partial charge < -0.3 is 20.3 Å². The Balaban J connectivity index is 1.24. The number of piperidine rings is 2. The first-order valence-corrected chi connectivity index (χ1v) is 13.7. The van der Waals surface area contributed by atoms with E-state index in [4.69, 9.17) is 4.74 Å². The zero-order valence-corrected chi connectivity index (χ0v) is 22.3. The highest BCUT2D eigenvalue weighted by Gasteiger charge is 2.23. The van der Waals surface area contributed by atoms with Crippen molar-refractivity contribution >= 4 is 39.9 Å². The second kappa shape index (κ2) is 12.8. The third kappa shape index (κ3) is 7.39. The predicted molar refractivity (Wildman–Crippen MR) is 145 cm³/mol. The van der Waals surface area contributed by atoms with Gasteiger partial charge in [0.15, 0.2) is 5.13 Å². The normalized spacial score (nSPS) is 17.1. The molecule has 2 aliphatic rings. The Labute approximate surface area is 221 Å². The number of hydrogen-bond acceptors (Lipinski definition) is 8. The smallest absolute Gasteiger partial charge is 0.337 e. The van der Waals surface area contributed by atoms with Crippen LogP contribution in [0.3, 0.4) is 0 Å². The van der Waals surface area contributed by atoms with Crippen LogP contribution in [0, 0.1) is 6.92 Å². The van der Waals surface area contributed by atoms with Crippen LogP contribution in [0.2, 0.25) is 0 Å². The Bertz CT molecular complexity index is 1120. The van der Waals surface area contributed by atoms with Gasteiger partial charge in [0.1, 0.15) is 4.88 Å². The Morgan fingerprint density at radius 1 is 1.08 bits per heavy atom. The summed E-state index contributed by atoms with van der Waals surface area (Å²) in [6, 6.07) is 6.74. The second-order valence-corrected chi connectivity index (χ2v) is 10.5. The second-order valence-electron chi connectivity index (χ2n) is 9.46. The number of nitrogens with zero attached hydrogens (tertiary/aromatic N) is 3. The summed E-state index contributed by atoms with van der Waals surface area (Å²) in [5, 5.41) is 7.00. The lowest BCUT2D eigenvalue weighted by Gasteiger charge is -2.31. The molecule has 1 aromatic carbocycles. The summed E-state index contributed by atoms with van der Waals surface area (Å²) in [7, 11) is 1.33. The third-order valence-electron chi connectivity index (χ3n) is 6.77. The maximum absolute atomic E-state index is 12.8. The topological polar surface area (TPSA) is 104 Å². The van der Waals surface area contributed by atoms with Crippen molar-refractivity contribution in [2.75, 3.05) is 50.5 Å². The minimum absolute atomic E-state index is 0.0825. The van der Waals surface area contributed by atoms with Crippen LogP contribution in [0.5, 0.6) is 0 Å². The summed E-state index contributed by atoms with van der Waals surface area (Å²) in [4.78, 5) is 46.3. The van der Waals surface area contributed by atoms with Gasteiger partial charge in [-0.2, -0.15) is 0 Å². The van der Waals surface area contributed by atoms with E-state index in [-0.39, 0.29) is 17.9 Å². The molecule has 2 amide bonds. The van der Waals surface area contributed by atoms with Crippen LogP contribution in [-0.4, -0.2) is 78.4 Å². The molecule has 2 saturated heterocycles. The van der Waals surface area contributed by atoms with Crippen LogP contribution in [-0.2, 0) is 9.53 Å². The maximum atomic E-state index is 12.8. The van der Waals surface area contributed by atoms with Crippen LogP contribution in [0.1, 0.15) is 57.8 Å². The number of nitrogens with one attached hydrogen (secondary N) is 2. The van der Waals surface area contributed by atoms with E-state index in [0.717, 1.165) is 32.5 Å². The molecular weight excluding hydrogens is 490 g/mol. The van der Waals surface area contributed by atoms with E-state index < -0.39 is 5.97 Å². The molecule has 10 heteroatoms. The van der Waals surface area contributed by atoms with Crippen molar-refractivity contribution in [1.82, 2.24) is 14.8 Å². The van der Waals surface area contributed by atoms with Gasteiger partial charge in [0.2, 0.25) is 5.91 Å². The summed E-state index contributed by atoms with van der Waals surface area (Å²) in [6.07, 6.45) is 9.19. The first kappa shape index (κ1) is 26.8. The molecule has 0 radical (unpaired) electrons. The average Bonchev–Trinajstić information content (AvgIpc) is 3.29. The minimum atomic E-state index is -0.425. The summed E-state index contributed by atoms with van der Waals surface area (Å²) in [5.74, 6) is -0.587. The van der Waals surface area contributed by atoms with Gasteiger partial charge in [0.05, 0.1) is 18.4 Å². The van der Waals surface area contributed by atoms with Gasteiger partial charge in [-0.05, 0) is 70.0 Å². The van der Waals surface area contributed by atoms with E-state index in [1.807, 2.05) is 17.9 Å². The lowest BCUT2D eigenvalue weighted by molar-refractivity contribution is -0.126. The number of thiazole rings is 1. The van der Waals surface area contributed by atoms with E-state index in [1.165, 1.54) is 37.7 Å². The summed E-state index contributed by atoms with van der Waals surface area (Å²) >= 11 is 1.32. The molecule has 198 valence electrons. The minimum Gasteiger partial charge on any atom is -0.465 e. The van der Waals surface area contributed by atoms with Gasteiger partial charge in [-0.1, -0.05) is 23.8 Å². The quantitative estimate of drug-likeness (QED) is 0.397. The summed E-state index contributed by atoms with van der Waals surface area (Å²) < 4.78 is 4.70. The highest BCUT2D eigenvalue weighted by atomic mass is 32.1. The lowest BCUT2D eigenvalue weighted by Crippen LogP contribution is -2.41. The molecule has 9 nitrogen and oxygen atoms in total. The van der Waals surface area contributed by atoms with Crippen molar-refractivity contribution in [2.45, 2.75) is 45.1 Å². The molecule has 0 aliphatic carbocycles. The fourth-order valence-corrected chi connectivity index (χ4v) is 5.57. The molecule has 1 aromatic heterocycles. The summed E-state index contributed by atoms with van der Waals surface area (Å²) in [5.41, 5.74) is 1.66. The predicted octanol–water partition coefficient (Wildman–Crippen LogP) is 3.94. The van der Waals surface area contributed by atoms with Crippen molar-refractivity contribution in [3.05, 3.63) is 52.6 Å². The number of carbonyl (C=O) groups excluding carboxylic acids is 3. The number of rotatable bonds is 8. The van der Waals surface area contributed by atoms with Gasteiger partial charge in [-0.15, -0.1) is 0 Å². The lowest BCUT2D eigenvalue weighted by atomic mass is 10.1. The van der Waals surface area contributed by atoms with Crippen LogP contribution in [0.25, 0.3) is 0 Å². The van der Waals surface area contributed by atoms with Crippen molar-refractivity contribution in [1.29, 1.82) is 0 Å². The largest absolute Gasteiger partial charge is 0.465 e. The Morgan fingerprint density at radius 2 is 1.78 bits per heavy atom. The monoisotopic (exact) mass is 525 g/mol. The van der Waals surface area contributed by atoms with E-state index in [0.29, 0.717) is 40.0 Å². The highest BCUT2D eigenvalue weighted by molar-refractivity contribution is 7.17. The number of likely N-dealkylation sites (tertiary alicyclic amines) is 2. The number of amides is 2. The van der Waals surface area contributed by atoms with E-state index in [1.54, 1.807) is 30.3 Å². The van der Waals surface area contributed by atoms with Crippen LogP contribution < -0.4 is 10.6 Å². The average molecular weight is 526 g/mol. The number of methoxy groups -OCH3 is 1. The number of carbonyl (C=O) groups is 3. The molecular formula is C27H35N5O4S. The summed E-state index contributed by atoms with van der Waals surface area (Å²) in [6.45, 7) is 6.31. The number of aryl methyl sites for hydroxylation is 1. The SMILES string of the molecule is COC(=O)c1ccc(NC(=O)c2sc(NC3CCN(C(=O)/C=C/CN4CCCCC4)CC3)nc2C)cc1. The number of benzene rings is 1. The van der Waals surface area contributed by atoms with Gasteiger partial charge in [0.25, 0.3) is 5.91 Å². The zero-order chi connectivity index (χ0) is 26.2. The molecule has 0 saturated carbocycles. The molecule has 0 unspecified atom stereocenters. The fourth-order valence-electron chi connectivity index (χ4n) is 4.63. The number of aromatic nitrogens is 1. The highest BCUT2D eigenvalue weighted by Crippen LogP contribution is 2.26. The Hall–Kier alpha value is -3.24. The van der Waals surface area contributed by atoms with Crippen molar-refractivity contribution < 1.29 is 19.1 Å². The standard InChI is InChI=1S/C27H35N5O4S/c1-19-24(25(34)29-21-10-8-20(9-11-21)26(35)36-2)37-27(28-19)30-22-12-17-32(18-13-22)23(33)7-6-16-31-14-4-3-5-15-31/h6-11,22H,3-5,12-18H2,1-2H3,(H,28,30)(H,29,34)/b7-6+.